The predicted molar refractivity (Wildman–Crippen MR) is 119 cm³/mol. The van der Waals surface area contributed by atoms with Crippen LogP contribution in [0, 0.1) is 5.92 Å². The number of nitrogens with zero attached hydrogens (tertiary/aromatic N) is 4. The van der Waals surface area contributed by atoms with E-state index in [2.05, 4.69) is 39.5 Å². The molecule has 1 fully saturated rings. The molecule has 4 rings (SSSR count). The first kappa shape index (κ1) is 19.9. The smallest absolute Gasteiger partial charge is 0.216 e. The molecule has 1 N–H and O–H groups in total. The molecule has 7 nitrogen and oxygen atoms in total. The van der Waals surface area contributed by atoms with Gasteiger partial charge in [0.1, 0.15) is 6.61 Å². The van der Waals surface area contributed by atoms with E-state index < -0.39 is 0 Å². The van der Waals surface area contributed by atoms with Crippen LogP contribution in [-0.4, -0.2) is 45.7 Å². The lowest BCUT2D eigenvalue weighted by molar-refractivity contribution is -0.105. The Morgan fingerprint density at radius 3 is 3.17 bits per heavy atom. The van der Waals surface area contributed by atoms with E-state index in [1.54, 1.807) is 11.8 Å². The Hall–Kier alpha value is -2.35. The molecule has 1 aromatic carbocycles. The molecule has 1 amide bonds. The molecule has 1 saturated carbocycles. The number of aliphatic imine (C=N–C) groups is 1. The van der Waals surface area contributed by atoms with Crippen LogP contribution in [0.1, 0.15) is 44.6 Å². The van der Waals surface area contributed by atoms with E-state index in [0.717, 1.165) is 54.2 Å². The molecule has 2 heterocycles. The van der Waals surface area contributed by atoms with Gasteiger partial charge in [-0.05, 0) is 62.1 Å². The third-order valence-electron chi connectivity index (χ3n) is 5.28. The average molecular weight is 414 g/mol. The number of nitrogens with one attached hydrogen (secondary N) is 1. The Labute approximate surface area is 175 Å². The van der Waals surface area contributed by atoms with Crippen molar-refractivity contribution in [1.82, 2.24) is 9.55 Å². The van der Waals surface area contributed by atoms with Crippen molar-refractivity contribution >= 4 is 46.0 Å². The molecule has 154 valence electrons. The highest BCUT2D eigenvalue weighted by Crippen LogP contribution is 2.29. The van der Waals surface area contributed by atoms with Gasteiger partial charge >= 0.3 is 0 Å². The number of hydrogen-bond acceptors (Lipinski definition) is 6. The minimum absolute atomic E-state index is 0.528. The van der Waals surface area contributed by atoms with Gasteiger partial charge in [-0.25, -0.2) is 4.98 Å². The number of aromatic nitrogens is 2. The standard InChI is InChI=1S/C21H27N5O2S/c1-2-9-28-25-17-5-3-4-15(12-17)11-16-6-7-18-19(13-16)26(20(24-18)23-14-27)21-22-8-10-29-21/h6-7,13-15H,2-5,8-12H2,1H3,(H,23,24,27). The number of oxime groups is 1. The molecule has 2 aliphatic rings. The monoisotopic (exact) mass is 413 g/mol. The molecule has 0 saturated heterocycles. The van der Waals surface area contributed by atoms with E-state index >= 15 is 0 Å². The van der Waals surface area contributed by atoms with Gasteiger partial charge in [-0.15, -0.1) is 0 Å². The molecule has 8 heteroatoms. The van der Waals surface area contributed by atoms with Crippen molar-refractivity contribution in [3.05, 3.63) is 23.8 Å². The first-order chi connectivity index (χ1) is 14.3. The topological polar surface area (TPSA) is 80.9 Å². The van der Waals surface area contributed by atoms with Crippen LogP contribution in [0.4, 0.5) is 5.95 Å². The lowest BCUT2D eigenvalue weighted by Gasteiger charge is -2.23. The Kier molecular flexibility index (Phi) is 6.49. The molecule has 2 aromatic rings. The largest absolute Gasteiger partial charge is 0.396 e. The van der Waals surface area contributed by atoms with Crippen LogP contribution in [0.2, 0.25) is 0 Å². The Morgan fingerprint density at radius 1 is 1.45 bits per heavy atom. The summed E-state index contributed by atoms with van der Waals surface area (Å²) >= 11 is 1.69. The van der Waals surface area contributed by atoms with Crippen molar-refractivity contribution in [2.24, 2.45) is 16.1 Å². The van der Waals surface area contributed by atoms with Crippen LogP contribution in [-0.2, 0) is 16.1 Å². The SMILES string of the molecule is CCCON=C1CCCC(Cc2ccc3nc(NC=O)n(C4=NCCS4)c3c2)C1. The van der Waals surface area contributed by atoms with Gasteiger partial charge in [0.05, 0.1) is 23.3 Å². The van der Waals surface area contributed by atoms with Crippen LogP contribution in [0.15, 0.2) is 28.3 Å². The van der Waals surface area contributed by atoms with E-state index in [-0.39, 0.29) is 0 Å². The molecule has 1 unspecified atom stereocenters. The first-order valence-corrected chi connectivity index (χ1v) is 11.3. The number of fused-ring (bicyclic) bond motifs is 1. The number of anilines is 1. The fraction of sp³-hybridized carbons (Fsp3) is 0.524. The van der Waals surface area contributed by atoms with Gasteiger partial charge in [0.25, 0.3) is 0 Å². The normalized spacial score (nSPS) is 20.8. The first-order valence-electron chi connectivity index (χ1n) is 10.4. The van der Waals surface area contributed by atoms with Crippen molar-refractivity contribution in [3.8, 4) is 0 Å². The number of thioether (sulfide) groups is 1. The predicted octanol–water partition coefficient (Wildman–Crippen LogP) is 4.07. The summed E-state index contributed by atoms with van der Waals surface area (Å²) in [7, 11) is 0. The van der Waals surface area contributed by atoms with Gasteiger partial charge in [-0.3, -0.25) is 19.7 Å². The summed E-state index contributed by atoms with van der Waals surface area (Å²) in [5.74, 6) is 2.06. The fourth-order valence-electron chi connectivity index (χ4n) is 4.00. The van der Waals surface area contributed by atoms with Crippen molar-refractivity contribution in [3.63, 3.8) is 0 Å². The zero-order valence-corrected chi connectivity index (χ0v) is 17.6. The molecular formula is C21H27N5O2S. The number of rotatable bonds is 7. The maximum atomic E-state index is 11.0. The average Bonchev–Trinajstić information content (AvgIpc) is 3.36. The summed E-state index contributed by atoms with van der Waals surface area (Å²) in [6, 6.07) is 6.38. The van der Waals surface area contributed by atoms with Gasteiger partial charge in [-0.2, -0.15) is 0 Å². The Balaban J connectivity index is 1.56. The van der Waals surface area contributed by atoms with Crippen molar-refractivity contribution in [2.75, 3.05) is 24.2 Å². The van der Waals surface area contributed by atoms with Crippen molar-refractivity contribution in [2.45, 2.75) is 45.4 Å². The maximum absolute atomic E-state index is 11.0. The molecule has 0 bridgehead atoms. The molecule has 1 aliphatic heterocycles. The quantitative estimate of drug-likeness (QED) is 0.421. The second-order valence-electron chi connectivity index (χ2n) is 7.53. The van der Waals surface area contributed by atoms with Gasteiger partial charge in [-0.1, -0.05) is 29.9 Å². The highest BCUT2D eigenvalue weighted by Gasteiger charge is 2.21. The third kappa shape index (κ3) is 4.63. The van der Waals surface area contributed by atoms with Crippen molar-refractivity contribution in [1.29, 1.82) is 0 Å². The van der Waals surface area contributed by atoms with Gasteiger partial charge < -0.3 is 4.84 Å². The molecular weight excluding hydrogens is 386 g/mol. The summed E-state index contributed by atoms with van der Waals surface area (Å²) < 4.78 is 1.97. The zero-order valence-electron chi connectivity index (χ0n) is 16.8. The van der Waals surface area contributed by atoms with E-state index in [0.29, 0.717) is 24.9 Å². The van der Waals surface area contributed by atoms with Crippen LogP contribution in [0.5, 0.6) is 0 Å². The van der Waals surface area contributed by atoms with E-state index in [4.69, 9.17) is 4.84 Å². The minimum Gasteiger partial charge on any atom is -0.396 e. The minimum atomic E-state index is 0.528. The van der Waals surface area contributed by atoms with E-state index in [1.165, 1.54) is 24.1 Å². The van der Waals surface area contributed by atoms with Crippen LogP contribution in [0.3, 0.4) is 0 Å². The van der Waals surface area contributed by atoms with Crippen LogP contribution >= 0.6 is 11.8 Å². The number of carbonyl (C=O) groups excluding carboxylic acids is 1. The molecule has 0 spiro atoms. The zero-order chi connectivity index (χ0) is 20.1. The van der Waals surface area contributed by atoms with Gasteiger partial charge in [0, 0.05) is 5.75 Å². The molecule has 1 atom stereocenters. The highest BCUT2D eigenvalue weighted by molar-refractivity contribution is 8.14. The van der Waals surface area contributed by atoms with Crippen LogP contribution < -0.4 is 5.32 Å². The number of hydrogen-bond donors (Lipinski definition) is 1. The number of benzene rings is 1. The van der Waals surface area contributed by atoms with Gasteiger partial charge in [0.15, 0.2) is 5.17 Å². The Bertz CT molecular complexity index is 937. The lowest BCUT2D eigenvalue weighted by Crippen LogP contribution is -2.17. The fourth-order valence-corrected chi connectivity index (χ4v) is 4.86. The van der Waals surface area contributed by atoms with Crippen molar-refractivity contribution < 1.29 is 9.63 Å². The molecule has 1 aliphatic carbocycles. The lowest BCUT2D eigenvalue weighted by atomic mass is 9.83. The van der Waals surface area contributed by atoms with Gasteiger partial charge in [0.2, 0.25) is 12.4 Å². The summed E-state index contributed by atoms with van der Waals surface area (Å²) in [4.78, 5) is 25.6. The molecule has 1 aromatic heterocycles. The molecule has 29 heavy (non-hydrogen) atoms. The second-order valence-corrected chi connectivity index (χ2v) is 8.59. The second kappa shape index (κ2) is 9.43. The third-order valence-corrected chi connectivity index (χ3v) is 6.24. The summed E-state index contributed by atoms with van der Waals surface area (Å²) in [6.07, 6.45) is 7.08. The maximum Gasteiger partial charge on any atom is 0.216 e. The van der Waals surface area contributed by atoms with Crippen LogP contribution in [0.25, 0.3) is 11.0 Å². The number of amides is 1. The molecule has 0 radical (unpaired) electrons. The summed E-state index contributed by atoms with van der Waals surface area (Å²) in [6.45, 7) is 3.58. The number of imidazole rings is 1. The Morgan fingerprint density at radius 2 is 2.38 bits per heavy atom. The highest BCUT2D eigenvalue weighted by atomic mass is 32.2. The van der Waals surface area contributed by atoms with E-state index in [9.17, 15) is 4.79 Å². The number of carbonyl (C=O) groups is 1. The summed E-state index contributed by atoms with van der Waals surface area (Å²) in [5.41, 5.74) is 4.33. The summed E-state index contributed by atoms with van der Waals surface area (Å²) in [5, 5.41) is 7.97. The van der Waals surface area contributed by atoms with E-state index in [1.807, 2.05) is 10.6 Å².